The fourth-order valence-corrected chi connectivity index (χ4v) is 3.42. The summed E-state index contributed by atoms with van der Waals surface area (Å²) < 4.78 is 0. The van der Waals surface area contributed by atoms with Gasteiger partial charge in [0.25, 0.3) is 0 Å². The molecule has 3 heteroatoms. The van der Waals surface area contributed by atoms with E-state index in [-0.39, 0.29) is 17.7 Å². The second kappa shape index (κ2) is 2.60. The summed E-state index contributed by atoms with van der Waals surface area (Å²) in [6.07, 6.45) is 0. The van der Waals surface area contributed by atoms with Crippen LogP contribution in [0.2, 0.25) is 0 Å². The minimum absolute atomic E-state index is 0.152. The predicted molar refractivity (Wildman–Crippen MR) is 51.1 cm³/mol. The first-order valence-electron chi connectivity index (χ1n) is 4.20. The van der Waals surface area contributed by atoms with Gasteiger partial charge in [-0.05, 0) is 13.8 Å². The molecule has 1 heterocycles. The maximum absolute atomic E-state index is 11.4. The van der Waals surface area contributed by atoms with E-state index in [1.54, 1.807) is 0 Å². The lowest BCUT2D eigenvalue weighted by Gasteiger charge is -2.44. The second-order valence-electron chi connectivity index (χ2n) is 3.64. The van der Waals surface area contributed by atoms with E-state index < -0.39 is 0 Å². The molecule has 0 bridgehead atoms. The van der Waals surface area contributed by atoms with E-state index in [1.165, 1.54) is 11.1 Å². The fourth-order valence-electron chi connectivity index (χ4n) is 1.88. The number of allylic oxidation sites excluding steroid dienone is 1. The van der Waals surface area contributed by atoms with Crippen LogP contribution in [0.5, 0.6) is 0 Å². The summed E-state index contributed by atoms with van der Waals surface area (Å²) >= 11 is 1.83. The molecule has 12 heavy (non-hydrogen) atoms. The normalized spacial score (nSPS) is 40.9. The zero-order valence-corrected chi connectivity index (χ0v) is 8.15. The van der Waals surface area contributed by atoms with E-state index in [0.717, 1.165) is 5.75 Å². The molecular weight excluding hydrogens is 170 g/mol. The minimum atomic E-state index is -0.192. The van der Waals surface area contributed by atoms with Crippen molar-refractivity contribution in [1.82, 2.24) is 0 Å². The molecule has 2 nitrogen and oxygen atoms in total. The lowest BCUT2D eigenvalue weighted by Crippen LogP contribution is -2.61. The van der Waals surface area contributed by atoms with Crippen LogP contribution in [0.3, 0.4) is 0 Å². The molecule has 0 amide bonds. The van der Waals surface area contributed by atoms with Crippen molar-refractivity contribution >= 4 is 17.5 Å². The summed E-state index contributed by atoms with van der Waals surface area (Å²) in [6.45, 7) is 4.17. The van der Waals surface area contributed by atoms with Crippen molar-refractivity contribution in [3.8, 4) is 0 Å². The Bertz CT molecular complexity index is 272. The third-order valence-corrected chi connectivity index (χ3v) is 4.50. The molecule has 2 rings (SSSR count). The molecule has 1 fully saturated rings. The van der Waals surface area contributed by atoms with Crippen LogP contribution in [0.25, 0.3) is 0 Å². The molecule has 0 radical (unpaired) electrons. The van der Waals surface area contributed by atoms with E-state index in [9.17, 15) is 4.79 Å². The molecule has 3 atom stereocenters. The van der Waals surface area contributed by atoms with Gasteiger partial charge in [-0.1, -0.05) is 11.1 Å². The Morgan fingerprint density at radius 1 is 1.50 bits per heavy atom. The maximum atomic E-state index is 11.4. The van der Waals surface area contributed by atoms with Crippen LogP contribution in [-0.2, 0) is 4.79 Å². The summed E-state index contributed by atoms with van der Waals surface area (Å²) in [4.78, 5) is 11.4. The number of hydrogen-bond donors (Lipinski definition) is 1. The summed E-state index contributed by atoms with van der Waals surface area (Å²) in [5, 5.41) is 0.376. The van der Waals surface area contributed by atoms with Gasteiger partial charge < -0.3 is 5.73 Å². The molecule has 66 valence electrons. The molecule has 0 aromatic carbocycles. The highest BCUT2D eigenvalue weighted by Crippen LogP contribution is 2.43. The summed E-state index contributed by atoms with van der Waals surface area (Å²) in [7, 11) is 0. The maximum Gasteiger partial charge on any atom is 0.158 e. The van der Waals surface area contributed by atoms with Crippen molar-refractivity contribution in [1.29, 1.82) is 0 Å². The third-order valence-electron chi connectivity index (χ3n) is 2.95. The van der Waals surface area contributed by atoms with Gasteiger partial charge in [-0.2, -0.15) is 11.8 Å². The number of Topliss-reactive ketones (excluding diaryl/α,β-unsaturated/α-hetero) is 1. The van der Waals surface area contributed by atoms with Crippen molar-refractivity contribution in [2.75, 3.05) is 5.75 Å². The SMILES string of the molecule is CC1=C(C)C2C(=O)C(N)C2SC1. The van der Waals surface area contributed by atoms with Gasteiger partial charge in [-0.15, -0.1) is 0 Å². The Kier molecular flexibility index (Phi) is 1.81. The molecule has 2 N–H and O–H groups in total. The van der Waals surface area contributed by atoms with Crippen LogP contribution in [-0.4, -0.2) is 22.8 Å². The zero-order valence-electron chi connectivity index (χ0n) is 7.33. The molecule has 0 saturated heterocycles. The van der Waals surface area contributed by atoms with Crippen molar-refractivity contribution in [2.45, 2.75) is 25.1 Å². The van der Waals surface area contributed by atoms with Gasteiger partial charge in [0, 0.05) is 11.0 Å². The Morgan fingerprint density at radius 3 is 2.83 bits per heavy atom. The first-order chi connectivity index (χ1) is 5.63. The van der Waals surface area contributed by atoms with Crippen molar-refractivity contribution in [3.05, 3.63) is 11.1 Å². The summed E-state index contributed by atoms with van der Waals surface area (Å²) in [5.41, 5.74) is 8.32. The fraction of sp³-hybridized carbons (Fsp3) is 0.667. The van der Waals surface area contributed by atoms with E-state index in [2.05, 4.69) is 13.8 Å². The number of rotatable bonds is 0. The van der Waals surface area contributed by atoms with E-state index >= 15 is 0 Å². The number of thioether (sulfide) groups is 1. The zero-order chi connectivity index (χ0) is 8.88. The quantitative estimate of drug-likeness (QED) is 0.569. The van der Waals surface area contributed by atoms with Crippen LogP contribution in [0.4, 0.5) is 0 Å². The van der Waals surface area contributed by atoms with Crippen molar-refractivity contribution < 1.29 is 4.79 Å². The molecule has 1 aliphatic heterocycles. The van der Waals surface area contributed by atoms with Crippen molar-refractivity contribution in [2.24, 2.45) is 11.7 Å². The number of ketones is 1. The monoisotopic (exact) mass is 183 g/mol. The van der Waals surface area contributed by atoms with Gasteiger partial charge >= 0.3 is 0 Å². The third kappa shape index (κ3) is 0.896. The Balaban J connectivity index is 2.29. The van der Waals surface area contributed by atoms with Crippen LogP contribution in [0.1, 0.15) is 13.8 Å². The van der Waals surface area contributed by atoms with E-state index in [1.807, 2.05) is 11.8 Å². The molecule has 3 unspecified atom stereocenters. The number of nitrogens with two attached hydrogens (primary N) is 1. The number of hydrogen-bond acceptors (Lipinski definition) is 3. The number of carbonyl (C=O) groups excluding carboxylic acids is 1. The highest BCUT2D eigenvalue weighted by molar-refractivity contribution is 8.00. The minimum Gasteiger partial charge on any atom is -0.321 e. The largest absolute Gasteiger partial charge is 0.321 e. The predicted octanol–water partition coefficient (Wildman–Crippen LogP) is 0.964. The first kappa shape index (κ1) is 8.32. The van der Waals surface area contributed by atoms with Gasteiger partial charge in [-0.25, -0.2) is 0 Å². The van der Waals surface area contributed by atoms with Gasteiger partial charge in [0.2, 0.25) is 0 Å². The smallest absolute Gasteiger partial charge is 0.158 e. The van der Waals surface area contributed by atoms with Gasteiger partial charge in [0.05, 0.1) is 12.0 Å². The van der Waals surface area contributed by atoms with Crippen molar-refractivity contribution in [3.63, 3.8) is 0 Å². The standard InChI is InChI=1S/C9H13NOS/c1-4-3-12-9-6(5(4)2)8(11)7(9)10/h6-7,9H,3,10H2,1-2H3. The topological polar surface area (TPSA) is 43.1 Å². The molecule has 0 spiro atoms. The van der Waals surface area contributed by atoms with Gasteiger partial charge in [0.15, 0.2) is 5.78 Å². The molecule has 0 aromatic heterocycles. The van der Waals surface area contributed by atoms with Crippen LogP contribution in [0.15, 0.2) is 11.1 Å². The van der Waals surface area contributed by atoms with Gasteiger partial charge in [0.1, 0.15) is 0 Å². The van der Waals surface area contributed by atoms with E-state index in [0.29, 0.717) is 5.25 Å². The first-order valence-corrected chi connectivity index (χ1v) is 5.25. The second-order valence-corrected chi connectivity index (χ2v) is 4.81. The Hall–Kier alpha value is -0.280. The summed E-state index contributed by atoms with van der Waals surface area (Å²) in [6, 6.07) is -0.192. The number of carbonyl (C=O) groups is 1. The Morgan fingerprint density at radius 2 is 2.17 bits per heavy atom. The summed E-state index contributed by atoms with van der Waals surface area (Å²) in [5.74, 6) is 1.44. The molecular formula is C9H13NOS. The lowest BCUT2D eigenvalue weighted by molar-refractivity contribution is -0.128. The molecule has 1 aliphatic carbocycles. The lowest BCUT2D eigenvalue weighted by atomic mass is 9.73. The van der Waals surface area contributed by atoms with Crippen LogP contribution < -0.4 is 5.73 Å². The van der Waals surface area contributed by atoms with Crippen LogP contribution in [0, 0.1) is 5.92 Å². The number of fused-ring (bicyclic) bond motifs is 1. The highest BCUT2D eigenvalue weighted by atomic mass is 32.2. The average molecular weight is 183 g/mol. The average Bonchev–Trinajstić information content (AvgIpc) is 2.08. The molecule has 2 aliphatic rings. The Labute approximate surface area is 76.6 Å². The molecule has 1 saturated carbocycles. The highest BCUT2D eigenvalue weighted by Gasteiger charge is 2.50. The molecule has 0 aromatic rings. The van der Waals surface area contributed by atoms with E-state index in [4.69, 9.17) is 5.73 Å². The van der Waals surface area contributed by atoms with Gasteiger partial charge in [-0.3, -0.25) is 4.79 Å². The van der Waals surface area contributed by atoms with Crippen LogP contribution >= 0.6 is 11.8 Å².